The minimum Gasteiger partial charge on any atom is -0.391 e. The fourth-order valence-corrected chi connectivity index (χ4v) is 3.93. The third-order valence-electron chi connectivity index (χ3n) is 5.36. The summed E-state index contributed by atoms with van der Waals surface area (Å²) in [7, 11) is 4.18. The van der Waals surface area contributed by atoms with Gasteiger partial charge in [0.2, 0.25) is 0 Å². The fourth-order valence-electron chi connectivity index (χ4n) is 3.93. The van der Waals surface area contributed by atoms with E-state index in [2.05, 4.69) is 39.8 Å². The molecule has 0 saturated heterocycles. The zero-order chi connectivity index (χ0) is 10.7. The molecule has 2 rings (SSSR count). The van der Waals surface area contributed by atoms with Crippen LogP contribution in [0.2, 0.25) is 0 Å². The van der Waals surface area contributed by atoms with Crippen LogP contribution in [0.15, 0.2) is 0 Å². The molecule has 0 aromatic rings. The Balaban J connectivity index is 2.39. The number of likely N-dealkylation sites (N-methyl/N-ethyl adjacent to an activating group) is 1. The van der Waals surface area contributed by atoms with Crippen molar-refractivity contribution in [2.75, 3.05) is 14.1 Å². The van der Waals surface area contributed by atoms with E-state index >= 15 is 0 Å². The summed E-state index contributed by atoms with van der Waals surface area (Å²) in [6.45, 7) is 6.93. The Hall–Kier alpha value is -0.0800. The van der Waals surface area contributed by atoms with E-state index in [1.807, 2.05) is 0 Å². The van der Waals surface area contributed by atoms with E-state index in [4.69, 9.17) is 0 Å². The van der Waals surface area contributed by atoms with Crippen molar-refractivity contribution >= 4 is 0 Å². The number of aliphatic hydroxyl groups is 1. The summed E-state index contributed by atoms with van der Waals surface area (Å²) >= 11 is 0. The van der Waals surface area contributed by atoms with Crippen LogP contribution in [0, 0.1) is 16.7 Å². The molecule has 2 aliphatic rings. The summed E-state index contributed by atoms with van der Waals surface area (Å²) < 4.78 is 0. The van der Waals surface area contributed by atoms with Crippen LogP contribution in [0.5, 0.6) is 0 Å². The Morgan fingerprint density at radius 1 is 1.21 bits per heavy atom. The van der Waals surface area contributed by atoms with Crippen molar-refractivity contribution in [3.63, 3.8) is 0 Å². The van der Waals surface area contributed by atoms with Crippen LogP contribution in [0.1, 0.15) is 33.6 Å². The van der Waals surface area contributed by atoms with Gasteiger partial charge in [0, 0.05) is 11.5 Å². The SMILES string of the molecule is CN(C)[C@H]1[C@@H]2CC[C@](C)([C@H]1O)C2(C)C. The fraction of sp³-hybridized carbons (Fsp3) is 1.00. The first-order valence-electron chi connectivity index (χ1n) is 5.67. The quantitative estimate of drug-likeness (QED) is 0.692. The van der Waals surface area contributed by atoms with E-state index in [1.54, 1.807) is 0 Å². The zero-order valence-electron chi connectivity index (χ0n) is 10.0. The maximum atomic E-state index is 10.4. The van der Waals surface area contributed by atoms with Crippen molar-refractivity contribution in [1.82, 2.24) is 4.90 Å². The van der Waals surface area contributed by atoms with Gasteiger partial charge >= 0.3 is 0 Å². The molecule has 0 radical (unpaired) electrons. The molecule has 2 aliphatic carbocycles. The van der Waals surface area contributed by atoms with Crippen LogP contribution < -0.4 is 0 Å². The van der Waals surface area contributed by atoms with Crippen LogP contribution >= 0.6 is 0 Å². The van der Waals surface area contributed by atoms with Gasteiger partial charge < -0.3 is 10.0 Å². The van der Waals surface area contributed by atoms with Gasteiger partial charge in [0.15, 0.2) is 0 Å². The maximum absolute atomic E-state index is 10.4. The van der Waals surface area contributed by atoms with Crippen LogP contribution in [0.3, 0.4) is 0 Å². The highest BCUT2D eigenvalue weighted by Crippen LogP contribution is 2.66. The number of hydrogen-bond donors (Lipinski definition) is 1. The van der Waals surface area contributed by atoms with Gasteiger partial charge in [0.1, 0.15) is 0 Å². The average molecular weight is 197 g/mol. The monoisotopic (exact) mass is 197 g/mol. The second-order valence-corrected chi connectivity index (χ2v) is 6.18. The zero-order valence-corrected chi connectivity index (χ0v) is 10.0. The molecule has 2 heteroatoms. The van der Waals surface area contributed by atoms with Crippen molar-refractivity contribution in [3.8, 4) is 0 Å². The summed E-state index contributed by atoms with van der Waals surface area (Å²) in [5.41, 5.74) is 0.425. The third-order valence-corrected chi connectivity index (χ3v) is 5.36. The lowest BCUT2D eigenvalue weighted by Gasteiger charge is -2.38. The van der Waals surface area contributed by atoms with Crippen molar-refractivity contribution in [3.05, 3.63) is 0 Å². The lowest BCUT2D eigenvalue weighted by atomic mass is 9.70. The first-order chi connectivity index (χ1) is 6.32. The van der Waals surface area contributed by atoms with Crippen LogP contribution in [-0.2, 0) is 0 Å². The number of aliphatic hydroxyl groups excluding tert-OH is 1. The van der Waals surface area contributed by atoms with E-state index in [0.29, 0.717) is 17.4 Å². The average Bonchev–Trinajstić information content (AvgIpc) is 2.35. The third kappa shape index (κ3) is 0.938. The van der Waals surface area contributed by atoms with E-state index in [1.165, 1.54) is 12.8 Å². The summed E-state index contributed by atoms with van der Waals surface area (Å²) in [6.07, 6.45) is 2.32. The topological polar surface area (TPSA) is 23.5 Å². The molecule has 1 N–H and O–H groups in total. The summed E-state index contributed by atoms with van der Waals surface area (Å²) in [5.74, 6) is 0.664. The van der Waals surface area contributed by atoms with Gasteiger partial charge in [-0.3, -0.25) is 0 Å². The number of rotatable bonds is 1. The van der Waals surface area contributed by atoms with Gasteiger partial charge in [0.05, 0.1) is 6.10 Å². The molecule has 4 atom stereocenters. The number of nitrogens with zero attached hydrogens (tertiary/aromatic N) is 1. The van der Waals surface area contributed by atoms with Crippen molar-refractivity contribution in [1.29, 1.82) is 0 Å². The summed E-state index contributed by atoms with van der Waals surface area (Å²) in [6, 6.07) is 0.365. The largest absolute Gasteiger partial charge is 0.391 e. The van der Waals surface area contributed by atoms with E-state index in [0.717, 1.165) is 0 Å². The van der Waals surface area contributed by atoms with Gasteiger partial charge in [-0.15, -0.1) is 0 Å². The second-order valence-electron chi connectivity index (χ2n) is 6.18. The number of hydrogen-bond acceptors (Lipinski definition) is 2. The Bertz CT molecular complexity index is 249. The minimum absolute atomic E-state index is 0.132. The van der Waals surface area contributed by atoms with Gasteiger partial charge in [0.25, 0.3) is 0 Å². The predicted octanol–water partition coefficient (Wildman–Crippen LogP) is 1.73. The van der Waals surface area contributed by atoms with Crippen LogP contribution in [0.25, 0.3) is 0 Å². The summed E-state index contributed by atoms with van der Waals surface area (Å²) in [4.78, 5) is 2.21. The predicted molar refractivity (Wildman–Crippen MR) is 58.1 cm³/mol. The molecule has 0 unspecified atom stereocenters. The lowest BCUT2D eigenvalue weighted by Crippen LogP contribution is -2.46. The molecule has 14 heavy (non-hydrogen) atoms. The molecule has 0 aromatic carbocycles. The standard InChI is InChI=1S/C12H23NO/c1-11(2)8-6-7-12(11,3)10(14)9(8)13(4)5/h8-10,14H,6-7H2,1-5H3/t8-,9-,10-,12+/m0/s1. The number of fused-ring (bicyclic) bond motifs is 2. The highest BCUT2D eigenvalue weighted by atomic mass is 16.3. The molecule has 2 bridgehead atoms. The lowest BCUT2D eigenvalue weighted by molar-refractivity contribution is -0.0195. The molecule has 2 saturated carbocycles. The molecule has 82 valence electrons. The van der Waals surface area contributed by atoms with Crippen molar-refractivity contribution < 1.29 is 5.11 Å². The van der Waals surface area contributed by atoms with E-state index < -0.39 is 0 Å². The molecule has 0 amide bonds. The van der Waals surface area contributed by atoms with Gasteiger partial charge in [-0.25, -0.2) is 0 Å². The normalized spacial score (nSPS) is 50.4. The first kappa shape index (κ1) is 10.4. The Labute approximate surface area is 87.3 Å². The van der Waals surface area contributed by atoms with Crippen molar-refractivity contribution in [2.24, 2.45) is 16.7 Å². The Kier molecular flexibility index (Phi) is 2.04. The van der Waals surface area contributed by atoms with Gasteiger partial charge in [-0.2, -0.15) is 0 Å². The molecule has 0 spiro atoms. The Morgan fingerprint density at radius 3 is 2.07 bits per heavy atom. The first-order valence-corrected chi connectivity index (χ1v) is 5.67. The van der Waals surface area contributed by atoms with E-state index in [-0.39, 0.29) is 11.5 Å². The van der Waals surface area contributed by atoms with Gasteiger partial charge in [-0.1, -0.05) is 20.8 Å². The smallest absolute Gasteiger partial charge is 0.0756 e. The van der Waals surface area contributed by atoms with Crippen LogP contribution in [-0.4, -0.2) is 36.2 Å². The molecule has 0 aromatic heterocycles. The molecule has 0 heterocycles. The van der Waals surface area contributed by atoms with Crippen LogP contribution in [0.4, 0.5) is 0 Å². The highest BCUT2D eigenvalue weighted by molar-refractivity contribution is 5.16. The molecule has 2 fully saturated rings. The molecular weight excluding hydrogens is 174 g/mol. The minimum atomic E-state index is -0.147. The second kappa shape index (κ2) is 2.73. The molecule has 2 nitrogen and oxygen atoms in total. The Morgan fingerprint density at radius 2 is 1.79 bits per heavy atom. The molecular formula is C12H23NO. The van der Waals surface area contributed by atoms with Gasteiger partial charge in [-0.05, 0) is 38.3 Å². The maximum Gasteiger partial charge on any atom is 0.0756 e. The summed E-state index contributed by atoms with van der Waals surface area (Å²) in [5, 5.41) is 10.4. The molecule has 0 aliphatic heterocycles. The van der Waals surface area contributed by atoms with E-state index in [9.17, 15) is 5.11 Å². The highest BCUT2D eigenvalue weighted by Gasteiger charge is 2.66. The van der Waals surface area contributed by atoms with Crippen molar-refractivity contribution in [2.45, 2.75) is 45.8 Å².